The highest BCUT2D eigenvalue weighted by Gasteiger charge is 2.33. The minimum absolute atomic E-state index is 0.0370. The molecule has 2 rings (SSSR count). The van der Waals surface area contributed by atoms with E-state index in [0.717, 1.165) is 25.2 Å². The van der Waals surface area contributed by atoms with Crippen LogP contribution in [0.2, 0.25) is 0 Å². The number of nitrogens with zero attached hydrogens (tertiary/aromatic N) is 3. The zero-order valence-electron chi connectivity index (χ0n) is 11.2. The Balaban J connectivity index is 1.98. The largest absolute Gasteiger partial charge is 0.388 e. The van der Waals surface area contributed by atoms with Crippen molar-refractivity contribution in [1.82, 2.24) is 15.3 Å². The van der Waals surface area contributed by atoms with Crippen molar-refractivity contribution in [2.75, 3.05) is 25.0 Å². The Bertz CT molecular complexity index is 426. The average Bonchev–Trinajstić information content (AvgIpc) is 2.46. The molecule has 0 aromatic carbocycles. The number of carbonyl (C=O) groups is 1. The Morgan fingerprint density at radius 2 is 2.42 bits per heavy atom. The van der Waals surface area contributed by atoms with Crippen LogP contribution in [-0.2, 0) is 4.79 Å². The fourth-order valence-corrected chi connectivity index (χ4v) is 2.44. The van der Waals surface area contributed by atoms with Crippen molar-refractivity contribution >= 4 is 11.7 Å². The van der Waals surface area contributed by atoms with E-state index in [1.807, 2.05) is 4.90 Å². The van der Waals surface area contributed by atoms with Crippen molar-refractivity contribution in [3.05, 3.63) is 18.6 Å². The molecule has 1 amide bonds. The standard InChI is InChI=1S/C13H20N4O2/c1-14-12(18)3-5-13(19)4-2-8-17(10-13)11-9-15-6-7-16-11/h6-7,9,19H,2-5,8,10H2,1H3,(H,14,18)/t13-/m1/s1. The Hall–Kier alpha value is -1.69. The predicted molar refractivity (Wildman–Crippen MR) is 71.7 cm³/mol. The van der Waals surface area contributed by atoms with Gasteiger partial charge in [0, 0.05) is 39.0 Å². The summed E-state index contributed by atoms with van der Waals surface area (Å²) in [6, 6.07) is 0. The molecule has 1 atom stereocenters. The van der Waals surface area contributed by atoms with Gasteiger partial charge in [-0.2, -0.15) is 0 Å². The van der Waals surface area contributed by atoms with Gasteiger partial charge in [0.2, 0.25) is 5.91 Å². The molecule has 1 aromatic rings. The molecule has 6 nitrogen and oxygen atoms in total. The molecule has 0 radical (unpaired) electrons. The van der Waals surface area contributed by atoms with Crippen LogP contribution in [0.25, 0.3) is 0 Å². The summed E-state index contributed by atoms with van der Waals surface area (Å²) in [6.45, 7) is 1.36. The smallest absolute Gasteiger partial charge is 0.219 e. The van der Waals surface area contributed by atoms with Crippen LogP contribution in [0.15, 0.2) is 18.6 Å². The summed E-state index contributed by atoms with van der Waals surface area (Å²) < 4.78 is 0. The first-order valence-corrected chi connectivity index (χ1v) is 6.57. The van der Waals surface area contributed by atoms with Crippen LogP contribution < -0.4 is 10.2 Å². The third kappa shape index (κ3) is 3.64. The molecule has 0 bridgehead atoms. The monoisotopic (exact) mass is 264 g/mol. The van der Waals surface area contributed by atoms with Crippen molar-refractivity contribution in [3.8, 4) is 0 Å². The fourth-order valence-electron chi connectivity index (χ4n) is 2.44. The molecular formula is C13H20N4O2. The molecule has 19 heavy (non-hydrogen) atoms. The van der Waals surface area contributed by atoms with Gasteiger partial charge in [0.25, 0.3) is 0 Å². The highest BCUT2D eigenvalue weighted by atomic mass is 16.3. The third-order valence-corrected chi connectivity index (χ3v) is 3.53. The van der Waals surface area contributed by atoms with E-state index in [4.69, 9.17) is 0 Å². The number of carbonyl (C=O) groups excluding carboxylic acids is 1. The molecule has 1 saturated heterocycles. The second-order valence-electron chi connectivity index (χ2n) is 4.99. The van der Waals surface area contributed by atoms with Crippen LogP contribution in [0.1, 0.15) is 25.7 Å². The van der Waals surface area contributed by atoms with E-state index in [1.165, 1.54) is 0 Å². The predicted octanol–water partition coefficient (Wildman–Crippen LogP) is 0.334. The van der Waals surface area contributed by atoms with Crippen molar-refractivity contribution < 1.29 is 9.90 Å². The number of piperidine rings is 1. The lowest BCUT2D eigenvalue weighted by atomic mass is 9.88. The first-order chi connectivity index (χ1) is 9.13. The minimum atomic E-state index is -0.817. The molecule has 0 aliphatic carbocycles. The Labute approximate surface area is 112 Å². The van der Waals surface area contributed by atoms with E-state index in [9.17, 15) is 9.90 Å². The van der Waals surface area contributed by atoms with Crippen molar-refractivity contribution in [2.45, 2.75) is 31.3 Å². The first-order valence-electron chi connectivity index (χ1n) is 6.57. The summed E-state index contributed by atoms with van der Waals surface area (Å²) in [5.74, 6) is 0.741. The molecule has 104 valence electrons. The van der Waals surface area contributed by atoms with E-state index in [2.05, 4.69) is 15.3 Å². The van der Waals surface area contributed by atoms with Crippen LogP contribution in [0.3, 0.4) is 0 Å². The molecule has 1 aliphatic heterocycles. The highest BCUT2D eigenvalue weighted by molar-refractivity contribution is 5.75. The van der Waals surface area contributed by atoms with E-state index in [-0.39, 0.29) is 5.91 Å². The number of nitrogens with one attached hydrogen (secondary N) is 1. The first kappa shape index (κ1) is 13.7. The topological polar surface area (TPSA) is 78.4 Å². The maximum atomic E-state index is 11.3. The van der Waals surface area contributed by atoms with E-state index < -0.39 is 5.60 Å². The van der Waals surface area contributed by atoms with Gasteiger partial charge in [0.1, 0.15) is 5.82 Å². The maximum Gasteiger partial charge on any atom is 0.219 e. The molecule has 0 unspecified atom stereocenters. The van der Waals surface area contributed by atoms with Gasteiger partial charge in [-0.3, -0.25) is 9.78 Å². The number of hydrogen-bond acceptors (Lipinski definition) is 5. The second kappa shape index (κ2) is 5.97. The van der Waals surface area contributed by atoms with Gasteiger partial charge in [-0.1, -0.05) is 0 Å². The van der Waals surface area contributed by atoms with Crippen molar-refractivity contribution in [1.29, 1.82) is 0 Å². The zero-order valence-corrected chi connectivity index (χ0v) is 11.2. The average molecular weight is 264 g/mol. The summed E-state index contributed by atoms with van der Waals surface area (Å²) in [5, 5.41) is 13.2. The van der Waals surface area contributed by atoms with Gasteiger partial charge in [-0.15, -0.1) is 0 Å². The fraction of sp³-hybridized carbons (Fsp3) is 0.615. The van der Waals surface area contributed by atoms with Gasteiger partial charge in [-0.25, -0.2) is 4.98 Å². The molecule has 0 spiro atoms. The third-order valence-electron chi connectivity index (χ3n) is 3.53. The number of anilines is 1. The van der Waals surface area contributed by atoms with E-state index >= 15 is 0 Å². The number of amides is 1. The Morgan fingerprint density at radius 1 is 1.58 bits per heavy atom. The summed E-state index contributed by atoms with van der Waals surface area (Å²) in [5.41, 5.74) is -0.817. The molecule has 2 heterocycles. The number of aliphatic hydroxyl groups is 1. The van der Waals surface area contributed by atoms with Crippen LogP contribution in [0, 0.1) is 0 Å². The normalized spacial score (nSPS) is 23.2. The number of aromatic nitrogens is 2. The lowest BCUT2D eigenvalue weighted by molar-refractivity contribution is -0.122. The van der Waals surface area contributed by atoms with Crippen molar-refractivity contribution in [3.63, 3.8) is 0 Å². The molecular weight excluding hydrogens is 244 g/mol. The summed E-state index contributed by atoms with van der Waals surface area (Å²) in [7, 11) is 1.61. The zero-order chi connectivity index (χ0) is 13.7. The molecule has 6 heteroatoms. The summed E-state index contributed by atoms with van der Waals surface area (Å²) in [6.07, 6.45) is 7.41. The van der Waals surface area contributed by atoms with E-state index in [0.29, 0.717) is 19.4 Å². The summed E-state index contributed by atoms with van der Waals surface area (Å²) in [4.78, 5) is 21.6. The highest BCUT2D eigenvalue weighted by Crippen LogP contribution is 2.27. The second-order valence-corrected chi connectivity index (χ2v) is 4.99. The lowest BCUT2D eigenvalue weighted by Crippen LogP contribution is -2.49. The minimum Gasteiger partial charge on any atom is -0.388 e. The number of hydrogen-bond donors (Lipinski definition) is 2. The van der Waals surface area contributed by atoms with Crippen LogP contribution in [-0.4, -0.2) is 46.7 Å². The maximum absolute atomic E-state index is 11.3. The Kier molecular flexibility index (Phi) is 4.31. The molecule has 1 aromatic heterocycles. The van der Waals surface area contributed by atoms with Gasteiger partial charge >= 0.3 is 0 Å². The Morgan fingerprint density at radius 3 is 3.11 bits per heavy atom. The van der Waals surface area contributed by atoms with Gasteiger partial charge in [-0.05, 0) is 19.3 Å². The van der Waals surface area contributed by atoms with E-state index in [1.54, 1.807) is 25.6 Å². The van der Waals surface area contributed by atoms with Crippen LogP contribution >= 0.6 is 0 Å². The number of β-amino-alcohol motifs (C(OH)–C–C–N with tert-alkyl or cyclic N) is 1. The van der Waals surface area contributed by atoms with Crippen LogP contribution in [0.4, 0.5) is 5.82 Å². The lowest BCUT2D eigenvalue weighted by Gasteiger charge is -2.39. The quantitative estimate of drug-likeness (QED) is 0.819. The van der Waals surface area contributed by atoms with Gasteiger partial charge < -0.3 is 15.3 Å². The molecule has 1 aliphatic rings. The van der Waals surface area contributed by atoms with Crippen molar-refractivity contribution in [2.24, 2.45) is 0 Å². The molecule has 0 saturated carbocycles. The van der Waals surface area contributed by atoms with Crippen LogP contribution in [0.5, 0.6) is 0 Å². The molecule has 1 fully saturated rings. The summed E-state index contributed by atoms with van der Waals surface area (Å²) >= 11 is 0. The SMILES string of the molecule is CNC(=O)CC[C@]1(O)CCCN(c2cnccn2)C1. The van der Waals surface area contributed by atoms with Gasteiger partial charge in [0.15, 0.2) is 0 Å². The number of rotatable bonds is 4. The van der Waals surface area contributed by atoms with Gasteiger partial charge in [0.05, 0.1) is 11.8 Å². The molecule has 2 N–H and O–H groups in total.